The number of carbonyl (C=O) groups excluding carboxylic acids is 2. The van der Waals surface area contributed by atoms with Crippen LogP contribution in [0, 0.1) is 6.92 Å². The molecule has 0 radical (unpaired) electrons. The lowest BCUT2D eigenvalue weighted by Gasteiger charge is -2.08. The molecule has 0 aromatic carbocycles. The highest BCUT2D eigenvalue weighted by Gasteiger charge is 2.29. The zero-order valence-electron chi connectivity index (χ0n) is 7.66. The molecule has 1 heterocycles. The first-order valence-corrected chi connectivity index (χ1v) is 4.77. The van der Waals surface area contributed by atoms with E-state index in [1.807, 2.05) is 0 Å². The van der Waals surface area contributed by atoms with Crippen LogP contribution in [0.1, 0.15) is 25.2 Å². The molecule has 0 saturated carbocycles. The lowest BCUT2D eigenvalue weighted by molar-refractivity contribution is 0.0919. The average Bonchev–Trinajstić information content (AvgIpc) is 2.54. The lowest BCUT2D eigenvalue weighted by atomic mass is 10.1. The third-order valence-electron chi connectivity index (χ3n) is 1.88. The maximum atomic E-state index is 11.6. The minimum absolute atomic E-state index is 0.0890. The number of rotatable bonds is 1. The minimum atomic E-state index is -0.263. The smallest absolute Gasteiger partial charge is 0.239 e. The predicted molar refractivity (Wildman–Crippen MR) is 50.6 cm³/mol. The van der Waals surface area contributed by atoms with Gasteiger partial charge in [0.05, 0.1) is 12.1 Å². The van der Waals surface area contributed by atoms with Crippen LogP contribution in [0.2, 0.25) is 0 Å². The van der Waals surface area contributed by atoms with Crippen molar-refractivity contribution in [2.24, 2.45) is 0 Å². The average molecular weight is 209 g/mol. The summed E-state index contributed by atoms with van der Waals surface area (Å²) in [6.07, 6.45) is 1.18. The molecule has 0 fully saturated rings. The third kappa shape index (κ3) is 1.17. The van der Waals surface area contributed by atoms with Crippen molar-refractivity contribution in [1.29, 1.82) is 0 Å². The number of Topliss-reactive ketones (excluding diaryl/α,β-unsaturated/α-hetero) is 1. The van der Waals surface area contributed by atoms with Gasteiger partial charge in [-0.05, 0) is 6.92 Å². The van der Waals surface area contributed by atoms with E-state index >= 15 is 0 Å². The van der Waals surface area contributed by atoms with Crippen LogP contribution in [-0.2, 0) is 4.74 Å². The SMILES string of the molecule is COC1=CC(=O)c2nc(C)sc2C1=O. The van der Waals surface area contributed by atoms with Gasteiger partial charge in [0.25, 0.3) is 0 Å². The standard InChI is InChI=1S/C9H7NO3S/c1-4-10-7-5(11)3-6(13-2)8(12)9(7)14-4/h3H,1-2H3. The monoisotopic (exact) mass is 209 g/mol. The lowest BCUT2D eigenvalue weighted by Crippen LogP contribution is -2.16. The quantitative estimate of drug-likeness (QED) is 0.700. The van der Waals surface area contributed by atoms with Crippen molar-refractivity contribution in [3.05, 3.63) is 27.4 Å². The molecule has 1 aliphatic carbocycles. The van der Waals surface area contributed by atoms with Gasteiger partial charge in [-0.1, -0.05) is 0 Å². The van der Waals surface area contributed by atoms with Gasteiger partial charge in [-0.3, -0.25) is 9.59 Å². The Balaban J connectivity index is 2.59. The molecular formula is C9H7NO3S. The van der Waals surface area contributed by atoms with Crippen molar-refractivity contribution < 1.29 is 14.3 Å². The molecule has 1 aromatic rings. The Morgan fingerprint density at radius 2 is 2.14 bits per heavy atom. The largest absolute Gasteiger partial charge is 0.492 e. The summed E-state index contributed by atoms with van der Waals surface area (Å²) in [6, 6.07) is 0. The molecule has 14 heavy (non-hydrogen) atoms. The Bertz CT molecular complexity index is 459. The summed E-state index contributed by atoms with van der Waals surface area (Å²) in [5.74, 6) is -0.431. The van der Waals surface area contributed by atoms with E-state index in [1.165, 1.54) is 24.5 Å². The zero-order chi connectivity index (χ0) is 10.3. The maximum Gasteiger partial charge on any atom is 0.239 e. The van der Waals surface area contributed by atoms with Crippen LogP contribution in [-0.4, -0.2) is 23.7 Å². The summed E-state index contributed by atoms with van der Waals surface area (Å²) < 4.78 is 4.81. The molecule has 0 spiro atoms. The number of thiazole rings is 1. The first-order chi connectivity index (χ1) is 6.63. The molecule has 0 aliphatic heterocycles. The van der Waals surface area contributed by atoms with E-state index in [9.17, 15) is 9.59 Å². The van der Waals surface area contributed by atoms with Crippen LogP contribution < -0.4 is 0 Å². The van der Waals surface area contributed by atoms with Crippen LogP contribution in [0.4, 0.5) is 0 Å². The number of hydrogen-bond donors (Lipinski definition) is 0. The Morgan fingerprint density at radius 3 is 2.79 bits per heavy atom. The topological polar surface area (TPSA) is 56.3 Å². The second-order valence-electron chi connectivity index (χ2n) is 2.82. The number of carbonyl (C=O) groups is 2. The Labute approximate surface area is 84.2 Å². The van der Waals surface area contributed by atoms with E-state index in [0.717, 1.165) is 0 Å². The number of allylic oxidation sites excluding steroid dienone is 2. The van der Waals surface area contributed by atoms with Crippen molar-refractivity contribution in [2.75, 3.05) is 7.11 Å². The van der Waals surface area contributed by atoms with Crippen LogP contribution in [0.5, 0.6) is 0 Å². The summed E-state index contributed by atoms with van der Waals surface area (Å²) in [5.41, 5.74) is 0.248. The molecule has 1 aliphatic rings. The fourth-order valence-corrected chi connectivity index (χ4v) is 2.13. The molecule has 1 aromatic heterocycles. The minimum Gasteiger partial charge on any atom is -0.492 e. The van der Waals surface area contributed by atoms with Gasteiger partial charge in [0.15, 0.2) is 5.76 Å². The highest BCUT2D eigenvalue weighted by Crippen LogP contribution is 2.26. The fourth-order valence-electron chi connectivity index (χ4n) is 1.26. The van der Waals surface area contributed by atoms with E-state index in [4.69, 9.17) is 4.74 Å². The predicted octanol–water partition coefficient (Wildman–Crippen LogP) is 1.36. The van der Waals surface area contributed by atoms with Gasteiger partial charge in [-0.15, -0.1) is 11.3 Å². The number of aromatic nitrogens is 1. The molecule has 2 rings (SSSR count). The van der Waals surface area contributed by atoms with Crippen molar-refractivity contribution >= 4 is 22.9 Å². The highest BCUT2D eigenvalue weighted by atomic mass is 32.1. The molecule has 0 N–H and O–H groups in total. The van der Waals surface area contributed by atoms with Gasteiger partial charge in [0.1, 0.15) is 10.6 Å². The fraction of sp³-hybridized carbons (Fsp3) is 0.222. The molecule has 0 atom stereocenters. The number of ketones is 2. The van der Waals surface area contributed by atoms with Crippen LogP contribution in [0.3, 0.4) is 0 Å². The van der Waals surface area contributed by atoms with Gasteiger partial charge < -0.3 is 4.74 Å². The number of ether oxygens (including phenoxy) is 1. The first-order valence-electron chi connectivity index (χ1n) is 3.95. The van der Waals surface area contributed by atoms with Crippen molar-refractivity contribution in [3.8, 4) is 0 Å². The third-order valence-corrected chi connectivity index (χ3v) is 2.85. The summed E-state index contributed by atoms with van der Waals surface area (Å²) in [5, 5.41) is 0.711. The Morgan fingerprint density at radius 1 is 1.43 bits per heavy atom. The van der Waals surface area contributed by atoms with E-state index in [2.05, 4.69) is 4.98 Å². The number of fused-ring (bicyclic) bond motifs is 1. The highest BCUT2D eigenvalue weighted by molar-refractivity contribution is 7.14. The second kappa shape index (κ2) is 3.02. The molecular weight excluding hydrogens is 202 g/mol. The number of aryl methyl sites for hydroxylation is 1. The van der Waals surface area contributed by atoms with E-state index in [0.29, 0.717) is 9.88 Å². The zero-order valence-corrected chi connectivity index (χ0v) is 8.47. The Kier molecular flexibility index (Phi) is 1.96. The van der Waals surface area contributed by atoms with E-state index in [1.54, 1.807) is 6.92 Å². The van der Waals surface area contributed by atoms with Crippen LogP contribution in [0.15, 0.2) is 11.8 Å². The Hall–Kier alpha value is -1.49. The molecule has 5 heteroatoms. The van der Waals surface area contributed by atoms with Gasteiger partial charge in [-0.25, -0.2) is 4.98 Å². The first kappa shape index (κ1) is 9.08. The van der Waals surface area contributed by atoms with E-state index in [-0.39, 0.29) is 23.0 Å². The van der Waals surface area contributed by atoms with Gasteiger partial charge in [0, 0.05) is 6.08 Å². The number of hydrogen-bond acceptors (Lipinski definition) is 5. The second-order valence-corrected chi connectivity index (χ2v) is 4.02. The molecule has 0 saturated heterocycles. The molecule has 72 valence electrons. The van der Waals surface area contributed by atoms with Gasteiger partial charge in [-0.2, -0.15) is 0 Å². The molecule has 4 nitrogen and oxygen atoms in total. The molecule has 0 unspecified atom stereocenters. The summed E-state index contributed by atoms with van der Waals surface area (Å²) in [7, 11) is 1.37. The molecule has 0 bridgehead atoms. The van der Waals surface area contributed by atoms with Crippen LogP contribution >= 0.6 is 11.3 Å². The number of methoxy groups -OCH3 is 1. The number of nitrogens with zero attached hydrogens (tertiary/aromatic N) is 1. The van der Waals surface area contributed by atoms with Crippen molar-refractivity contribution in [1.82, 2.24) is 4.98 Å². The normalized spacial score (nSPS) is 15.1. The maximum absolute atomic E-state index is 11.6. The summed E-state index contributed by atoms with van der Waals surface area (Å²) in [4.78, 5) is 27.5. The van der Waals surface area contributed by atoms with Crippen molar-refractivity contribution in [2.45, 2.75) is 6.92 Å². The van der Waals surface area contributed by atoms with Crippen LogP contribution in [0.25, 0.3) is 0 Å². The van der Waals surface area contributed by atoms with Gasteiger partial charge in [0.2, 0.25) is 11.6 Å². The van der Waals surface area contributed by atoms with Gasteiger partial charge >= 0.3 is 0 Å². The van der Waals surface area contributed by atoms with Crippen molar-refractivity contribution in [3.63, 3.8) is 0 Å². The summed E-state index contributed by atoms with van der Waals surface area (Å²) in [6.45, 7) is 1.76. The molecule has 0 amide bonds. The van der Waals surface area contributed by atoms with E-state index < -0.39 is 0 Å². The summed E-state index contributed by atoms with van der Waals surface area (Å²) >= 11 is 1.22.